The summed E-state index contributed by atoms with van der Waals surface area (Å²) in [6, 6.07) is 9.72. The van der Waals surface area contributed by atoms with E-state index in [0.29, 0.717) is 24.7 Å². The SMILES string of the molecule is C[C@H](Sc1ccc2c(c1)OCCCO2)C(=O)Nc1ccc(F)c(Cl)c1. The van der Waals surface area contributed by atoms with Gasteiger partial charge in [-0.15, -0.1) is 11.8 Å². The summed E-state index contributed by atoms with van der Waals surface area (Å²) in [6.45, 7) is 3.05. The van der Waals surface area contributed by atoms with Crippen molar-refractivity contribution >= 4 is 35.0 Å². The van der Waals surface area contributed by atoms with E-state index in [4.69, 9.17) is 21.1 Å². The first-order valence-electron chi connectivity index (χ1n) is 7.85. The molecule has 0 fully saturated rings. The summed E-state index contributed by atoms with van der Waals surface area (Å²) < 4.78 is 24.4. The van der Waals surface area contributed by atoms with Crippen LogP contribution in [0.15, 0.2) is 41.3 Å². The van der Waals surface area contributed by atoms with Crippen molar-refractivity contribution in [1.82, 2.24) is 0 Å². The quantitative estimate of drug-likeness (QED) is 0.776. The van der Waals surface area contributed by atoms with Gasteiger partial charge in [0, 0.05) is 17.0 Å². The molecule has 0 spiro atoms. The number of hydrogen-bond acceptors (Lipinski definition) is 4. The van der Waals surface area contributed by atoms with Crippen molar-refractivity contribution in [3.8, 4) is 11.5 Å². The molecule has 0 bridgehead atoms. The van der Waals surface area contributed by atoms with Crippen LogP contribution in [0, 0.1) is 5.82 Å². The number of amides is 1. The lowest BCUT2D eigenvalue weighted by atomic mass is 10.3. The first kappa shape index (κ1) is 17.9. The summed E-state index contributed by atoms with van der Waals surface area (Å²) in [5.74, 6) is 0.703. The number of halogens is 2. The molecule has 0 radical (unpaired) electrons. The van der Waals surface area contributed by atoms with Crippen LogP contribution in [0.2, 0.25) is 5.02 Å². The zero-order valence-corrected chi connectivity index (χ0v) is 15.1. The number of carbonyl (C=O) groups is 1. The van der Waals surface area contributed by atoms with Crippen LogP contribution in [-0.4, -0.2) is 24.4 Å². The fraction of sp³-hybridized carbons (Fsp3) is 0.278. The first-order valence-corrected chi connectivity index (χ1v) is 9.11. The Balaban J connectivity index is 1.65. The fourth-order valence-corrected chi connectivity index (χ4v) is 3.37. The number of nitrogens with one attached hydrogen (secondary N) is 1. The predicted molar refractivity (Wildman–Crippen MR) is 97.4 cm³/mol. The van der Waals surface area contributed by atoms with Crippen molar-refractivity contribution in [2.45, 2.75) is 23.5 Å². The molecule has 1 aliphatic rings. The van der Waals surface area contributed by atoms with Gasteiger partial charge in [0.25, 0.3) is 0 Å². The molecule has 0 saturated carbocycles. The second kappa shape index (κ2) is 7.97. The molecule has 2 aromatic rings. The smallest absolute Gasteiger partial charge is 0.237 e. The van der Waals surface area contributed by atoms with E-state index in [1.807, 2.05) is 18.2 Å². The number of ether oxygens (including phenoxy) is 2. The van der Waals surface area contributed by atoms with Gasteiger partial charge in [-0.05, 0) is 43.3 Å². The minimum atomic E-state index is -0.519. The number of hydrogen-bond donors (Lipinski definition) is 1. The maximum absolute atomic E-state index is 13.2. The standard InChI is InChI=1S/C18H17ClFNO3S/c1-11(18(22)21-12-3-5-15(20)14(19)9-12)25-13-4-6-16-17(10-13)24-8-2-7-23-16/h3-6,9-11H,2,7-8H2,1H3,(H,21,22)/t11-/m0/s1. The van der Waals surface area contributed by atoms with Crippen molar-refractivity contribution in [2.24, 2.45) is 0 Å². The summed E-state index contributed by atoms with van der Waals surface area (Å²) in [6.07, 6.45) is 0.843. The molecule has 7 heteroatoms. The van der Waals surface area contributed by atoms with Crippen LogP contribution >= 0.6 is 23.4 Å². The second-order valence-electron chi connectivity index (χ2n) is 5.54. The molecule has 1 atom stereocenters. The predicted octanol–water partition coefficient (Wildman–Crippen LogP) is 4.76. The zero-order chi connectivity index (χ0) is 17.8. The van der Waals surface area contributed by atoms with E-state index in [-0.39, 0.29) is 16.2 Å². The van der Waals surface area contributed by atoms with Crippen LogP contribution < -0.4 is 14.8 Å². The number of carbonyl (C=O) groups excluding carboxylic acids is 1. The summed E-state index contributed by atoms with van der Waals surface area (Å²) in [7, 11) is 0. The van der Waals surface area contributed by atoms with Crippen molar-refractivity contribution in [1.29, 1.82) is 0 Å². The summed E-state index contributed by atoms with van der Waals surface area (Å²) >= 11 is 7.13. The van der Waals surface area contributed by atoms with Crippen LogP contribution in [0.3, 0.4) is 0 Å². The molecule has 0 aliphatic carbocycles. The Morgan fingerprint density at radius 3 is 2.72 bits per heavy atom. The highest BCUT2D eigenvalue weighted by molar-refractivity contribution is 8.00. The lowest BCUT2D eigenvalue weighted by molar-refractivity contribution is -0.115. The van der Waals surface area contributed by atoms with Gasteiger partial charge in [-0.1, -0.05) is 11.6 Å². The monoisotopic (exact) mass is 381 g/mol. The third kappa shape index (κ3) is 4.58. The number of rotatable bonds is 4. The Kier molecular flexibility index (Phi) is 5.71. The van der Waals surface area contributed by atoms with Crippen molar-refractivity contribution < 1.29 is 18.7 Å². The molecule has 132 valence electrons. The number of anilines is 1. The Morgan fingerprint density at radius 2 is 1.96 bits per heavy atom. The molecule has 0 aromatic heterocycles. The Morgan fingerprint density at radius 1 is 1.20 bits per heavy atom. The van der Waals surface area contributed by atoms with Crippen LogP contribution in [-0.2, 0) is 4.79 Å². The average molecular weight is 382 g/mol. The summed E-state index contributed by atoms with van der Waals surface area (Å²) in [5, 5.41) is 2.36. The van der Waals surface area contributed by atoms with Gasteiger partial charge in [-0.25, -0.2) is 4.39 Å². The molecule has 3 rings (SSSR count). The van der Waals surface area contributed by atoms with E-state index in [0.717, 1.165) is 17.1 Å². The molecule has 0 saturated heterocycles. The molecule has 1 aliphatic heterocycles. The third-order valence-electron chi connectivity index (χ3n) is 3.59. The highest BCUT2D eigenvalue weighted by Crippen LogP contribution is 2.35. The van der Waals surface area contributed by atoms with Gasteiger partial charge >= 0.3 is 0 Å². The Bertz CT molecular complexity index is 787. The molecule has 4 nitrogen and oxygen atoms in total. The van der Waals surface area contributed by atoms with Crippen LogP contribution in [0.5, 0.6) is 11.5 Å². The number of fused-ring (bicyclic) bond motifs is 1. The van der Waals surface area contributed by atoms with Gasteiger partial charge in [0.05, 0.1) is 23.5 Å². The molecule has 1 amide bonds. The normalized spacial score (nSPS) is 14.5. The minimum absolute atomic E-state index is 0.0268. The third-order valence-corrected chi connectivity index (χ3v) is 4.97. The lowest BCUT2D eigenvalue weighted by Gasteiger charge is -2.14. The number of thioether (sulfide) groups is 1. The summed E-state index contributed by atoms with van der Waals surface area (Å²) in [4.78, 5) is 13.2. The van der Waals surface area contributed by atoms with E-state index < -0.39 is 5.82 Å². The molecular weight excluding hydrogens is 365 g/mol. The molecule has 1 N–H and O–H groups in total. The lowest BCUT2D eigenvalue weighted by Crippen LogP contribution is -2.22. The van der Waals surface area contributed by atoms with E-state index >= 15 is 0 Å². The maximum atomic E-state index is 13.2. The van der Waals surface area contributed by atoms with Gasteiger partial charge in [0.1, 0.15) is 5.82 Å². The fourth-order valence-electron chi connectivity index (χ4n) is 2.29. The molecule has 1 heterocycles. The van der Waals surface area contributed by atoms with Gasteiger partial charge in [-0.3, -0.25) is 4.79 Å². The van der Waals surface area contributed by atoms with E-state index in [1.54, 1.807) is 6.92 Å². The van der Waals surface area contributed by atoms with Crippen LogP contribution in [0.4, 0.5) is 10.1 Å². The highest BCUT2D eigenvalue weighted by Gasteiger charge is 2.17. The largest absolute Gasteiger partial charge is 0.490 e. The highest BCUT2D eigenvalue weighted by atomic mass is 35.5. The first-order chi connectivity index (χ1) is 12.0. The van der Waals surface area contributed by atoms with Gasteiger partial charge in [0.15, 0.2) is 11.5 Å². The van der Waals surface area contributed by atoms with E-state index in [1.165, 1.54) is 30.0 Å². The average Bonchev–Trinajstić information content (AvgIpc) is 2.83. The zero-order valence-electron chi connectivity index (χ0n) is 13.6. The van der Waals surface area contributed by atoms with Crippen LogP contribution in [0.25, 0.3) is 0 Å². The molecule has 0 unspecified atom stereocenters. The van der Waals surface area contributed by atoms with Crippen molar-refractivity contribution in [3.63, 3.8) is 0 Å². The van der Waals surface area contributed by atoms with Gasteiger partial charge in [0.2, 0.25) is 5.91 Å². The van der Waals surface area contributed by atoms with Crippen molar-refractivity contribution in [3.05, 3.63) is 47.2 Å². The Labute approximate surface area is 154 Å². The summed E-state index contributed by atoms with van der Waals surface area (Å²) in [5.41, 5.74) is 0.461. The van der Waals surface area contributed by atoms with Crippen LogP contribution in [0.1, 0.15) is 13.3 Å². The topological polar surface area (TPSA) is 47.6 Å². The Hall–Kier alpha value is -1.92. The molecular formula is C18H17ClFNO3S. The van der Waals surface area contributed by atoms with Crippen molar-refractivity contribution in [2.75, 3.05) is 18.5 Å². The number of benzene rings is 2. The van der Waals surface area contributed by atoms with Gasteiger partial charge in [-0.2, -0.15) is 0 Å². The van der Waals surface area contributed by atoms with Gasteiger partial charge < -0.3 is 14.8 Å². The van der Waals surface area contributed by atoms with E-state index in [2.05, 4.69) is 5.32 Å². The second-order valence-corrected chi connectivity index (χ2v) is 7.36. The van der Waals surface area contributed by atoms with E-state index in [9.17, 15) is 9.18 Å². The molecule has 25 heavy (non-hydrogen) atoms. The maximum Gasteiger partial charge on any atom is 0.237 e. The molecule has 2 aromatic carbocycles. The minimum Gasteiger partial charge on any atom is -0.490 e.